The molecule has 0 bridgehead atoms. The predicted molar refractivity (Wildman–Crippen MR) is 93.7 cm³/mol. The lowest BCUT2D eigenvalue weighted by atomic mass is 9.68. The summed E-state index contributed by atoms with van der Waals surface area (Å²) in [6.45, 7) is 2.26. The number of ether oxygens (including phenoxy) is 1. The molecule has 1 fully saturated rings. The first-order chi connectivity index (χ1) is 11.5. The highest BCUT2D eigenvalue weighted by Gasteiger charge is 2.52. The van der Waals surface area contributed by atoms with Crippen molar-refractivity contribution in [2.24, 2.45) is 0 Å². The van der Waals surface area contributed by atoms with Crippen molar-refractivity contribution in [3.63, 3.8) is 0 Å². The average molecular weight is 348 g/mol. The maximum atomic E-state index is 11.6. The molecule has 3 rings (SSSR count). The molecule has 0 saturated heterocycles. The number of methoxy groups -OCH3 is 1. The van der Waals surface area contributed by atoms with Gasteiger partial charge in [0.1, 0.15) is 18.3 Å². The van der Waals surface area contributed by atoms with Gasteiger partial charge >= 0.3 is 0 Å². The maximum Gasteiger partial charge on any atom is 0.137 e. The van der Waals surface area contributed by atoms with Gasteiger partial charge in [-0.1, -0.05) is 29.8 Å². The predicted octanol–water partition coefficient (Wildman–Crippen LogP) is 3.34. The van der Waals surface area contributed by atoms with E-state index in [0.29, 0.717) is 11.6 Å². The van der Waals surface area contributed by atoms with Gasteiger partial charge in [-0.2, -0.15) is 5.10 Å². The van der Waals surface area contributed by atoms with E-state index in [1.54, 1.807) is 18.1 Å². The van der Waals surface area contributed by atoms with E-state index in [0.717, 1.165) is 30.4 Å². The number of nitrogens with zero attached hydrogens (tertiary/aromatic N) is 3. The Morgan fingerprint density at radius 2 is 2.12 bits per heavy atom. The smallest absolute Gasteiger partial charge is 0.137 e. The van der Waals surface area contributed by atoms with Gasteiger partial charge in [-0.15, -0.1) is 0 Å². The second-order valence-corrected chi connectivity index (χ2v) is 6.90. The van der Waals surface area contributed by atoms with Crippen LogP contribution in [0.4, 0.5) is 0 Å². The van der Waals surface area contributed by atoms with Gasteiger partial charge in [-0.25, -0.2) is 9.67 Å². The van der Waals surface area contributed by atoms with Gasteiger partial charge in [-0.3, -0.25) is 0 Å². The molecule has 1 aromatic carbocycles. The molecule has 6 heteroatoms. The van der Waals surface area contributed by atoms with Crippen LogP contribution in [-0.2, 0) is 11.3 Å². The molecule has 1 aromatic heterocycles. The molecule has 128 valence electrons. The fourth-order valence-corrected chi connectivity index (χ4v) is 3.54. The van der Waals surface area contributed by atoms with Crippen LogP contribution < -0.4 is 0 Å². The van der Waals surface area contributed by atoms with Gasteiger partial charge in [0.25, 0.3) is 0 Å². The highest BCUT2D eigenvalue weighted by molar-refractivity contribution is 6.30. The van der Waals surface area contributed by atoms with Crippen LogP contribution in [0.5, 0.6) is 0 Å². The Labute approximate surface area is 146 Å². The summed E-state index contributed by atoms with van der Waals surface area (Å²) < 4.78 is 7.41. The first-order valence-corrected chi connectivity index (χ1v) is 8.41. The van der Waals surface area contributed by atoms with Crippen LogP contribution in [0.3, 0.4) is 0 Å². The fraction of sp³-hybridized carbons (Fsp3) is 0.444. The van der Waals surface area contributed by atoms with E-state index in [-0.39, 0.29) is 0 Å². The van der Waals surface area contributed by atoms with E-state index in [4.69, 9.17) is 16.3 Å². The molecule has 1 aliphatic carbocycles. The van der Waals surface area contributed by atoms with Gasteiger partial charge < -0.3 is 9.84 Å². The molecule has 2 atom stereocenters. The highest BCUT2D eigenvalue weighted by atomic mass is 35.5. The standard InChI is InChI=1S/C18H22ClN3O2/c1-17(24-2)9-3-4-15(10-14-5-7-16(19)8-6-14)18(17,23)11-22-13-20-12-21-22/h5-8,10,12-13,23H,3-4,9,11H2,1-2H3/b15-10+. The molecule has 2 aromatic rings. The normalized spacial score (nSPS) is 29.1. The molecular formula is C18H22ClN3O2. The molecule has 0 radical (unpaired) electrons. The molecule has 0 spiro atoms. The van der Waals surface area contributed by atoms with Crippen molar-refractivity contribution < 1.29 is 9.84 Å². The summed E-state index contributed by atoms with van der Waals surface area (Å²) >= 11 is 5.96. The van der Waals surface area contributed by atoms with Crippen molar-refractivity contribution in [2.75, 3.05) is 7.11 Å². The Kier molecular flexibility index (Phi) is 4.76. The summed E-state index contributed by atoms with van der Waals surface area (Å²) in [4.78, 5) is 3.98. The van der Waals surface area contributed by atoms with E-state index >= 15 is 0 Å². The third-order valence-electron chi connectivity index (χ3n) is 5.02. The largest absolute Gasteiger partial charge is 0.381 e. The number of halogens is 1. The summed E-state index contributed by atoms with van der Waals surface area (Å²) in [6.07, 6.45) is 7.67. The number of aromatic nitrogens is 3. The zero-order valence-corrected chi connectivity index (χ0v) is 14.7. The Hall–Kier alpha value is -1.69. The molecule has 1 aliphatic rings. The number of benzene rings is 1. The zero-order valence-electron chi connectivity index (χ0n) is 13.9. The lowest BCUT2D eigenvalue weighted by Crippen LogP contribution is -2.59. The quantitative estimate of drug-likeness (QED) is 0.921. The number of aliphatic hydroxyl groups is 1. The van der Waals surface area contributed by atoms with Crippen LogP contribution in [0.2, 0.25) is 5.02 Å². The SMILES string of the molecule is COC1(C)CCC/C(=C\c2ccc(Cl)cc2)C1(O)Cn1cncn1. The van der Waals surface area contributed by atoms with Crippen LogP contribution >= 0.6 is 11.6 Å². The lowest BCUT2D eigenvalue weighted by Gasteiger charge is -2.48. The fourth-order valence-electron chi connectivity index (χ4n) is 3.41. The summed E-state index contributed by atoms with van der Waals surface area (Å²) in [5.41, 5.74) is 0.102. The van der Waals surface area contributed by atoms with Crippen molar-refractivity contribution in [1.82, 2.24) is 14.8 Å². The van der Waals surface area contributed by atoms with Crippen molar-refractivity contribution in [2.45, 2.75) is 43.9 Å². The molecule has 5 nitrogen and oxygen atoms in total. The Morgan fingerprint density at radius 1 is 1.38 bits per heavy atom. The minimum Gasteiger partial charge on any atom is -0.381 e. The minimum atomic E-state index is -1.16. The summed E-state index contributed by atoms with van der Waals surface area (Å²) in [7, 11) is 1.65. The van der Waals surface area contributed by atoms with Crippen LogP contribution in [0.25, 0.3) is 6.08 Å². The van der Waals surface area contributed by atoms with Gasteiger partial charge in [-0.05, 0) is 49.5 Å². The van der Waals surface area contributed by atoms with Crippen LogP contribution in [-0.4, -0.2) is 38.2 Å². The summed E-state index contributed by atoms with van der Waals surface area (Å²) in [5, 5.41) is 16.5. The number of hydrogen-bond acceptors (Lipinski definition) is 4. The first-order valence-electron chi connectivity index (χ1n) is 8.03. The van der Waals surface area contributed by atoms with Crippen molar-refractivity contribution >= 4 is 17.7 Å². The van der Waals surface area contributed by atoms with E-state index in [1.165, 1.54) is 6.33 Å². The zero-order chi connectivity index (χ0) is 17.2. The monoisotopic (exact) mass is 347 g/mol. The van der Waals surface area contributed by atoms with Gasteiger partial charge in [0, 0.05) is 12.1 Å². The van der Waals surface area contributed by atoms with E-state index in [9.17, 15) is 5.11 Å². The van der Waals surface area contributed by atoms with Gasteiger partial charge in [0.15, 0.2) is 0 Å². The van der Waals surface area contributed by atoms with Crippen LogP contribution in [0.1, 0.15) is 31.7 Å². The molecule has 24 heavy (non-hydrogen) atoms. The molecule has 1 N–H and O–H groups in total. The van der Waals surface area contributed by atoms with Gasteiger partial charge in [0.05, 0.1) is 12.1 Å². The third-order valence-corrected chi connectivity index (χ3v) is 5.28. The molecule has 1 heterocycles. The van der Waals surface area contributed by atoms with E-state index in [1.807, 2.05) is 37.3 Å². The van der Waals surface area contributed by atoms with Crippen molar-refractivity contribution in [3.05, 3.63) is 53.1 Å². The Morgan fingerprint density at radius 3 is 2.75 bits per heavy atom. The second kappa shape index (κ2) is 6.67. The Bertz CT molecular complexity index is 714. The van der Waals surface area contributed by atoms with Crippen LogP contribution in [0.15, 0.2) is 42.5 Å². The van der Waals surface area contributed by atoms with Crippen molar-refractivity contribution in [1.29, 1.82) is 0 Å². The molecule has 1 saturated carbocycles. The topological polar surface area (TPSA) is 60.2 Å². The van der Waals surface area contributed by atoms with Crippen molar-refractivity contribution in [3.8, 4) is 0 Å². The number of rotatable bonds is 4. The lowest BCUT2D eigenvalue weighted by molar-refractivity contribution is -0.162. The first kappa shape index (κ1) is 17.1. The Balaban J connectivity index is 2.02. The molecule has 2 unspecified atom stereocenters. The molecular weight excluding hydrogens is 326 g/mol. The summed E-state index contributed by atoms with van der Waals surface area (Å²) in [6, 6.07) is 7.60. The minimum absolute atomic E-state index is 0.302. The van der Waals surface area contributed by atoms with E-state index in [2.05, 4.69) is 10.1 Å². The molecule has 0 amide bonds. The highest BCUT2D eigenvalue weighted by Crippen LogP contribution is 2.44. The number of hydrogen-bond donors (Lipinski definition) is 1. The second-order valence-electron chi connectivity index (χ2n) is 6.46. The maximum absolute atomic E-state index is 11.6. The van der Waals surface area contributed by atoms with Gasteiger partial charge in [0.2, 0.25) is 0 Å². The third kappa shape index (κ3) is 3.11. The average Bonchev–Trinajstić information content (AvgIpc) is 3.07. The summed E-state index contributed by atoms with van der Waals surface area (Å²) in [5.74, 6) is 0. The van der Waals surface area contributed by atoms with E-state index < -0.39 is 11.2 Å². The van der Waals surface area contributed by atoms with Crippen LogP contribution in [0, 0.1) is 0 Å². The molecule has 0 aliphatic heterocycles.